The van der Waals surface area contributed by atoms with Crippen LogP contribution in [0.15, 0.2) is 23.1 Å². The SMILES string of the molecule is O=S(=O)(OCC(F)(F)F)c1cc(C(F)(F)F)ccc1F. The molecule has 114 valence electrons. The molecular formula is C9H5F7O3S. The summed E-state index contributed by atoms with van der Waals surface area (Å²) >= 11 is 0. The lowest BCUT2D eigenvalue weighted by Crippen LogP contribution is -2.21. The van der Waals surface area contributed by atoms with Gasteiger partial charge in [-0.3, -0.25) is 4.18 Å². The van der Waals surface area contributed by atoms with Gasteiger partial charge >= 0.3 is 12.4 Å². The Bertz CT molecular complexity index is 589. The van der Waals surface area contributed by atoms with Gasteiger partial charge in [0.25, 0.3) is 10.1 Å². The van der Waals surface area contributed by atoms with Crippen LogP contribution in [0.25, 0.3) is 0 Å². The predicted molar refractivity (Wildman–Crippen MR) is 50.6 cm³/mol. The van der Waals surface area contributed by atoms with E-state index in [9.17, 15) is 39.2 Å². The van der Waals surface area contributed by atoms with E-state index >= 15 is 0 Å². The maximum absolute atomic E-state index is 13.2. The molecule has 0 aromatic heterocycles. The Morgan fingerprint density at radius 1 is 1.05 bits per heavy atom. The third-order valence-corrected chi connectivity index (χ3v) is 3.19. The summed E-state index contributed by atoms with van der Waals surface area (Å²) in [4.78, 5) is -1.61. The van der Waals surface area contributed by atoms with Gasteiger partial charge in [-0.05, 0) is 18.2 Å². The van der Waals surface area contributed by atoms with Gasteiger partial charge in [0, 0.05) is 0 Å². The fourth-order valence-corrected chi connectivity index (χ4v) is 2.07. The van der Waals surface area contributed by atoms with Crippen LogP contribution in [0.2, 0.25) is 0 Å². The lowest BCUT2D eigenvalue weighted by molar-refractivity contribution is -0.152. The van der Waals surface area contributed by atoms with Gasteiger partial charge in [0.1, 0.15) is 10.7 Å². The number of halogens is 7. The van der Waals surface area contributed by atoms with Gasteiger partial charge in [0.05, 0.1) is 5.56 Å². The average molecular weight is 326 g/mol. The highest BCUT2D eigenvalue weighted by Crippen LogP contribution is 2.32. The minimum absolute atomic E-state index is 0.138. The lowest BCUT2D eigenvalue weighted by Gasteiger charge is -2.11. The Hall–Kier alpha value is -1.36. The molecule has 0 fully saturated rings. The molecule has 0 saturated heterocycles. The first kappa shape index (κ1) is 16.7. The van der Waals surface area contributed by atoms with Crippen molar-refractivity contribution in [3.63, 3.8) is 0 Å². The van der Waals surface area contributed by atoms with Crippen LogP contribution in [0.4, 0.5) is 30.7 Å². The molecule has 0 aliphatic carbocycles. The quantitative estimate of drug-likeness (QED) is 0.633. The molecule has 0 unspecified atom stereocenters. The number of hydrogen-bond acceptors (Lipinski definition) is 3. The molecular weight excluding hydrogens is 321 g/mol. The highest BCUT2D eigenvalue weighted by molar-refractivity contribution is 7.86. The first-order chi connectivity index (χ1) is 8.83. The molecule has 0 N–H and O–H groups in total. The van der Waals surface area contributed by atoms with Crippen LogP contribution >= 0.6 is 0 Å². The molecule has 20 heavy (non-hydrogen) atoms. The van der Waals surface area contributed by atoms with Crippen LogP contribution in [0.1, 0.15) is 5.56 Å². The first-order valence-corrected chi connectivity index (χ1v) is 6.07. The van der Waals surface area contributed by atoms with E-state index in [-0.39, 0.29) is 18.2 Å². The van der Waals surface area contributed by atoms with E-state index in [0.717, 1.165) is 0 Å². The molecule has 0 saturated carbocycles. The van der Waals surface area contributed by atoms with Gasteiger partial charge in [-0.1, -0.05) is 0 Å². The van der Waals surface area contributed by atoms with E-state index in [1.54, 1.807) is 0 Å². The van der Waals surface area contributed by atoms with Crippen molar-refractivity contribution in [2.75, 3.05) is 6.61 Å². The predicted octanol–water partition coefficient (Wildman–Crippen LogP) is 3.11. The molecule has 0 heterocycles. The van der Waals surface area contributed by atoms with Crippen molar-refractivity contribution in [2.24, 2.45) is 0 Å². The summed E-state index contributed by atoms with van der Waals surface area (Å²) in [5.74, 6) is -1.65. The average Bonchev–Trinajstić information content (AvgIpc) is 2.24. The second kappa shape index (κ2) is 5.20. The van der Waals surface area contributed by atoms with E-state index < -0.39 is 45.4 Å². The highest BCUT2D eigenvalue weighted by atomic mass is 32.2. The van der Waals surface area contributed by atoms with Crippen LogP contribution in [-0.4, -0.2) is 21.2 Å². The summed E-state index contributed by atoms with van der Waals surface area (Å²) in [6, 6.07) is 0.284. The molecule has 1 aromatic rings. The summed E-state index contributed by atoms with van der Waals surface area (Å²) in [5, 5.41) is 0. The van der Waals surface area contributed by atoms with E-state index in [1.165, 1.54) is 0 Å². The fraction of sp³-hybridized carbons (Fsp3) is 0.333. The van der Waals surface area contributed by atoms with Gasteiger partial charge in [0.2, 0.25) is 0 Å². The van der Waals surface area contributed by atoms with E-state index in [4.69, 9.17) is 0 Å². The Morgan fingerprint density at radius 3 is 2.05 bits per heavy atom. The van der Waals surface area contributed by atoms with Gasteiger partial charge in [-0.2, -0.15) is 34.8 Å². The zero-order valence-corrected chi connectivity index (χ0v) is 10.0. The monoisotopic (exact) mass is 326 g/mol. The highest BCUT2D eigenvalue weighted by Gasteiger charge is 2.35. The molecule has 3 nitrogen and oxygen atoms in total. The van der Waals surface area contributed by atoms with Crippen LogP contribution in [0.3, 0.4) is 0 Å². The summed E-state index contributed by atoms with van der Waals surface area (Å²) in [6.45, 7) is -2.27. The normalized spacial score (nSPS) is 13.6. The van der Waals surface area contributed by atoms with Crippen LogP contribution in [-0.2, 0) is 20.5 Å². The molecule has 0 atom stereocenters. The number of alkyl halides is 6. The van der Waals surface area contributed by atoms with Gasteiger partial charge < -0.3 is 0 Å². The molecule has 0 radical (unpaired) electrons. The third kappa shape index (κ3) is 4.34. The Labute approximate surface area is 108 Å². The zero-order chi connectivity index (χ0) is 15.8. The van der Waals surface area contributed by atoms with Crippen LogP contribution in [0, 0.1) is 5.82 Å². The van der Waals surface area contributed by atoms with Crippen molar-refractivity contribution in [1.82, 2.24) is 0 Å². The molecule has 0 aliphatic heterocycles. The fourth-order valence-electron chi connectivity index (χ4n) is 1.08. The van der Waals surface area contributed by atoms with Crippen LogP contribution in [0.5, 0.6) is 0 Å². The summed E-state index contributed by atoms with van der Waals surface area (Å²) in [5.41, 5.74) is -1.53. The smallest absolute Gasteiger partial charge is 0.257 e. The lowest BCUT2D eigenvalue weighted by atomic mass is 10.2. The van der Waals surface area contributed by atoms with Crippen molar-refractivity contribution in [3.05, 3.63) is 29.6 Å². The van der Waals surface area contributed by atoms with Crippen molar-refractivity contribution in [3.8, 4) is 0 Å². The van der Waals surface area contributed by atoms with E-state index in [0.29, 0.717) is 0 Å². The largest absolute Gasteiger partial charge is 0.416 e. The first-order valence-electron chi connectivity index (χ1n) is 4.66. The van der Waals surface area contributed by atoms with Crippen molar-refractivity contribution in [1.29, 1.82) is 0 Å². The maximum atomic E-state index is 13.2. The summed E-state index contributed by atoms with van der Waals surface area (Å²) in [7, 11) is -5.30. The molecule has 1 aromatic carbocycles. The molecule has 1 rings (SSSR count). The molecule has 0 spiro atoms. The topological polar surface area (TPSA) is 43.4 Å². The second-order valence-corrected chi connectivity index (χ2v) is 5.06. The van der Waals surface area contributed by atoms with E-state index in [2.05, 4.69) is 4.18 Å². The second-order valence-electron chi connectivity index (χ2n) is 3.47. The minimum atomic E-state index is -5.30. The molecule has 0 amide bonds. The van der Waals surface area contributed by atoms with E-state index in [1.807, 2.05) is 0 Å². The molecule has 11 heteroatoms. The van der Waals surface area contributed by atoms with Gasteiger partial charge in [-0.15, -0.1) is 0 Å². The molecule has 0 aliphatic rings. The van der Waals surface area contributed by atoms with Gasteiger partial charge in [-0.25, -0.2) is 4.39 Å². The molecule has 0 bridgehead atoms. The Kier molecular flexibility index (Phi) is 4.34. The summed E-state index contributed by atoms with van der Waals surface area (Å²) < 4.78 is 112. The number of hydrogen-bond donors (Lipinski definition) is 0. The van der Waals surface area contributed by atoms with Crippen molar-refractivity contribution < 1.29 is 43.3 Å². The number of benzene rings is 1. The van der Waals surface area contributed by atoms with Crippen molar-refractivity contribution >= 4 is 10.1 Å². The Balaban J connectivity index is 3.18. The van der Waals surface area contributed by atoms with Gasteiger partial charge in [0.15, 0.2) is 6.61 Å². The minimum Gasteiger partial charge on any atom is -0.257 e. The third-order valence-electron chi connectivity index (χ3n) is 1.91. The van der Waals surface area contributed by atoms with Crippen LogP contribution < -0.4 is 0 Å². The number of rotatable bonds is 3. The standard InChI is InChI=1S/C9H5F7O3S/c10-6-2-1-5(9(14,15)16)3-7(6)20(17,18)19-4-8(11,12)13/h1-3H,4H2. The zero-order valence-electron chi connectivity index (χ0n) is 9.22. The maximum Gasteiger partial charge on any atom is 0.416 e. The summed E-state index contributed by atoms with van der Waals surface area (Å²) in [6.07, 6.45) is -10.0. The Morgan fingerprint density at radius 2 is 1.60 bits per heavy atom. The van der Waals surface area contributed by atoms with Crippen molar-refractivity contribution in [2.45, 2.75) is 17.2 Å².